The van der Waals surface area contributed by atoms with E-state index in [-0.39, 0.29) is 11.6 Å². The summed E-state index contributed by atoms with van der Waals surface area (Å²) in [6, 6.07) is 9.93. The molecule has 0 radical (unpaired) electrons. The van der Waals surface area contributed by atoms with Gasteiger partial charge >= 0.3 is 0 Å². The molecule has 1 atom stereocenters. The van der Waals surface area contributed by atoms with Crippen LogP contribution in [0.1, 0.15) is 55.5 Å². The Hall–Kier alpha value is -3.00. The zero-order valence-electron chi connectivity index (χ0n) is 16.9. The Bertz CT molecular complexity index is 945. The molecule has 0 bridgehead atoms. The van der Waals surface area contributed by atoms with Gasteiger partial charge in [0, 0.05) is 16.6 Å². The van der Waals surface area contributed by atoms with Gasteiger partial charge in [0.15, 0.2) is 11.7 Å². The largest absolute Gasteiger partial charge is 0.467 e. The highest BCUT2D eigenvalue weighted by Crippen LogP contribution is 2.30. The predicted molar refractivity (Wildman–Crippen MR) is 112 cm³/mol. The maximum Gasteiger partial charge on any atom is 0.280 e. The maximum atomic E-state index is 13.4. The lowest BCUT2D eigenvalue weighted by Gasteiger charge is -2.32. The third kappa shape index (κ3) is 4.89. The molecule has 1 aromatic carbocycles. The van der Waals surface area contributed by atoms with Crippen LogP contribution in [0.2, 0.25) is 0 Å². The second-order valence-corrected chi connectivity index (χ2v) is 8.25. The van der Waals surface area contributed by atoms with Gasteiger partial charge in [0.2, 0.25) is 0 Å². The van der Waals surface area contributed by atoms with Crippen molar-refractivity contribution >= 4 is 29.0 Å². The smallest absolute Gasteiger partial charge is 0.280 e. The number of amides is 2. The molecule has 3 rings (SSSR count). The van der Waals surface area contributed by atoms with E-state index in [0.29, 0.717) is 11.4 Å². The fraction of sp³-hybridized carbons (Fsp3) is 0.333. The van der Waals surface area contributed by atoms with E-state index < -0.39 is 17.5 Å². The minimum atomic E-state index is -0.995. The van der Waals surface area contributed by atoms with Crippen LogP contribution in [0.25, 0.3) is 0 Å². The molecule has 0 saturated heterocycles. The summed E-state index contributed by atoms with van der Waals surface area (Å²) in [4.78, 5) is 28.1. The van der Waals surface area contributed by atoms with Crippen molar-refractivity contribution in [3.8, 4) is 0 Å². The molecule has 0 aliphatic rings. The van der Waals surface area contributed by atoms with Crippen molar-refractivity contribution in [2.45, 2.75) is 45.7 Å². The molecule has 3 aromatic rings. The van der Waals surface area contributed by atoms with Gasteiger partial charge in [0.1, 0.15) is 5.76 Å². The molecule has 0 fully saturated rings. The molecule has 0 spiro atoms. The monoisotopic (exact) mass is 412 g/mol. The number of hydrogen-bond acceptors (Lipinski definition) is 6. The van der Waals surface area contributed by atoms with E-state index in [1.165, 1.54) is 11.2 Å². The van der Waals surface area contributed by atoms with E-state index in [1.54, 1.807) is 17.5 Å². The van der Waals surface area contributed by atoms with Crippen LogP contribution in [-0.4, -0.2) is 26.9 Å². The van der Waals surface area contributed by atoms with Gasteiger partial charge in [-0.05, 0) is 68.6 Å². The summed E-state index contributed by atoms with van der Waals surface area (Å²) in [5, 5.41) is 8.43. The molecule has 0 aliphatic carbocycles. The molecule has 2 amide bonds. The van der Waals surface area contributed by atoms with Gasteiger partial charge < -0.3 is 9.73 Å². The average molecular weight is 413 g/mol. The third-order valence-corrected chi connectivity index (χ3v) is 4.74. The predicted octanol–water partition coefficient (Wildman–Crippen LogP) is 4.00. The highest BCUT2D eigenvalue weighted by atomic mass is 32.1. The van der Waals surface area contributed by atoms with Crippen LogP contribution in [0.3, 0.4) is 0 Å². The fourth-order valence-electron chi connectivity index (χ4n) is 2.92. The second kappa shape index (κ2) is 8.57. The first-order valence-corrected chi connectivity index (χ1v) is 10.2. The maximum absolute atomic E-state index is 13.4. The standard InChI is InChI=1S/C21H24N4O3S/c1-5-14-8-10-15(11-9-14)25(20(27)16-13-29-24-23-16)18(17-7-6-12-28-17)19(26)22-21(2,3)4/h6-13,18H,5H2,1-4H3,(H,22,26)/t18-/m0/s1. The minimum Gasteiger partial charge on any atom is -0.467 e. The number of nitrogens with zero attached hydrogens (tertiary/aromatic N) is 3. The molecule has 8 heteroatoms. The topological polar surface area (TPSA) is 88.3 Å². The van der Waals surface area contributed by atoms with E-state index in [9.17, 15) is 9.59 Å². The second-order valence-electron chi connectivity index (χ2n) is 7.64. The molecule has 2 aromatic heterocycles. The van der Waals surface area contributed by atoms with Crippen molar-refractivity contribution < 1.29 is 14.0 Å². The Balaban J connectivity index is 2.11. The lowest BCUT2D eigenvalue weighted by atomic mass is 10.0. The number of benzene rings is 1. The molecule has 2 heterocycles. The number of carbonyl (C=O) groups is 2. The van der Waals surface area contributed by atoms with Gasteiger partial charge in [-0.3, -0.25) is 14.5 Å². The highest BCUT2D eigenvalue weighted by Gasteiger charge is 2.37. The number of hydrogen-bond donors (Lipinski definition) is 1. The first-order valence-electron chi connectivity index (χ1n) is 9.35. The number of nitrogens with one attached hydrogen (secondary N) is 1. The Morgan fingerprint density at radius 1 is 1.21 bits per heavy atom. The molecular weight excluding hydrogens is 388 g/mol. The molecule has 29 heavy (non-hydrogen) atoms. The Kier molecular flexibility index (Phi) is 6.12. The van der Waals surface area contributed by atoms with Crippen molar-refractivity contribution in [2.75, 3.05) is 4.90 Å². The van der Waals surface area contributed by atoms with Gasteiger partial charge in [0.25, 0.3) is 11.8 Å². The quantitative estimate of drug-likeness (QED) is 0.661. The summed E-state index contributed by atoms with van der Waals surface area (Å²) in [6.07, 6.45) is 2.36. The molecule has 1 N–H and O–H groups in total. The lowest BCUT2D eigenvalue weighted by molar-refractivity contribution is -0.124. The highest BCUT2D eigenvalue weighted by molar-refractivity contribution is 7.03. The number of aromatic nitrogens is 2. The molecule has 0 unspecified atom stereocenters. The number of anilines is 1. The molecule has 152 valence electrons. The van der Waals surface area contributed by atoms with Crippen LogP contribution in [0.15, 0.2) is 52.5 Å². The van der Waals surface area contributed by atoms with Crippen LogP contribution < -0.4 is 10.2 Å². The molecule has 0 saturated carbocycles. The van der Waals surface area contributed by atoms with Crippen LogP contribution in [0.5, 0.6) is 0 Å². The SMILES string of the molecule is CCc1ccc(N(C(=O)c2csnn2)[C@H](C(=O)NC(C)(C)C)c2ccco2)cc1. The number of carbonyl (C=O) groups excluding carboxylic acids is 2. The molecule has 7 nitrogen and oxygen atoms in total. The first kappa shape index (κ1) is 20.7. The minimum absolute atomic E-state index is 0.176. The normalized spacial score (nSPS) is 12.4. The molecule has 0 aliphatic heterocycles. The Morgan fingerprint density at radius 3 is 2.45 bits per heavy atom. The number of aryl methyl sites for hydroxylation is 1. The first-order chi connectivity index (χ1) is 13.8. The van der Waals surface area contributed by atoms with Gasteiger partial charge in [-0.25, -0.2) is 0 Å². The van der Waals surface area contributed by atoms with Gasteiger partial charge in [-0.15, -0.1) is 5.10 Å². The van der Waals surface area contributed by atoms with Crippen LogP contribution in [0, 0.1) is 0 Å². The Labute approximate surface area is 173 Å². The van der Waals surface area contributed by atoms with Crippen molar-refractivity contribution in [3.05, 3.63) is 65.1 Å². The molecular formula is C21H24N4O3S. The number of rotatable bonds is 6. The fourth-order valence-corrected chi connectivity index (χ4v) is 3.35. The van der Waals surface area contributed by atoms with Crippen LogP contribution >= 0.6 is 11.5 Å². The van der Waals surface area contributed by atoms with E-state index in [4.69, 9.17) is 4.42 Å². The van der Waals surface area contributed by atoms with E-state index >= 15 is 0 Å². The zero-order valence-corrected chi connectivity index (χ0v) is 17.7. The van der Waals surface area contributed by atoms with Crippen LogP contribution in [0.4, 0.5) is 5.69 Å². The van der Waals surface area contributed by atoms with Crippen molar-refractivity contribution in [1.29, 1.82) is 0 Å². The number of furan rings is 1. The van der Waals surface area contributed by atoms with Crippen molar-refractivity contribution in [2.24, 2.45) is 0 Å². The van der Waals surface area contributed by atoms with Crippen molar-refractivity contribution in [3.63, 3.8) is 0 Å². The van der Waals surface area contributed by atoms with Crippen LogP contribution in [-0.2, 0) is 11.2 Å². The lowest BCUT2D eigenvalue weighted by Crippen LogP contribution is -2.49. The summed E-state index contributed by atoms with van der Waals surface area (Å²) < 4.78 is 9.35. The van der Waals surface area contributed by atoms with Gasteiger partial charge in [-0.2, -0.15) is 0 Å². The summed E-state index contributed by atoms with van der Waals surface area (Å²) in [6.45, 7) is 7.71. The van der Waals surface area contributed by atoms with E-state index in [1.807, 2.05) is 45.0 Å². The third-order valence-electron chi connectivity index (χ3n) is 4.24. The summed E-state index contributed by atoms with van der Waals surface area (Å²) in [5.41, 5.74) is 1.40. The van der Waals surface area contributed by atoms with Gasteiger partial charge in [0.05, 0.1) is 6.26 Å². The van der Waals surface area contributed by atoms with E-state index in [2.05, 4.69) is 21.8 Å². The summed E-state index contributed by atoms with van der Waals surface area (Å²) in [5.74, 6) is -0.403. The average Bonchev–Trinajstić information content (AvgIpc) is 3.38. The van der Waals surface area contributed by atoms with E-state index in [0.717, 1.165) is 23.5 Å². The van der Waals surface area contributed by atoms with Gasteiger partial charge in [-0.1, -0.05) is 23.5 Å². The Morgan fingerprint density at radius 2 is 1.93 bits per heavy atom. The summed E-state index contributed by atoms with van der Waals surface area (Å²) in [7, 11) is 0. The van der Waals surface area contributed by atoms with Crippen molar-refractivity contribution in [1.82, 2.24) is 14.9 Å². The summed E-state index contributed by atoms with van der Waals surface area (Å²) >= 11 is 1.08. The zero-order chi connectivity index (χ0) is 21.0.